The summed E-state index contributed by atoms with van der Waals surface area (Å²) in [4.78, 5) is 47.9. The highest BCUT2D eigenvalue weighted by Crippen LogP contribution is 2.16. The molecule has 0 radical (unpaired) electrons. The Morgan fingerprint density at radius 3 is 2.63 bits per heavy atom. The van der Waals surface area contributed by atoms with Gasteiger partial charge in [0, 0.05) is 18.0 Å². The molecule has 30 heavy (non-hydrogen) atoms. The lowest BCUT2D eigenvalue weighted by Gasteiger charge is -2.23. The molecule has 1 aromatic carbocycles. The zero-order valence-electron chi connectivity index (χ0n) is 17.2. The van der Waals surface area contributed by atoms with Gasteiger partial charge >= 0.3 is 6.09 Å². The molecule has 1 saturated heterocycles. The van der Waals surface area contributed by atoms with E-state index in [0.717, 1.165) is 0 Å². The van der Waals surface area contributed by atoms with Gasteiger partial charge in [-0.15, -0.1) is 0 Å². The Balaban J connectivity index is 1.93. The fourth-order valence-electron chi connectivity index (χ4n) is 3.25. The number of aldehydes is 1. The first-order valence-electron chi connectivity index (χ1n) is 10.00. The largest absolute Gasteiger partial charge is 0.445 e. The fraction of sp³-hybridized carbons (Fsp3) is 0.524. The molecular weight excluding hydrogens is 393 g/mol. The van der Waals surface area contributed by atoms with Gasteiger partial charge in [0.05, 0.1) is 6.04 Å². The quantitative estimate of drug-likeness (QED) is 0.498. The number of halogens is 1. The molecule has 1 heterocycles. The van der Waals surface area contributed by atoms with Crippen LogP contribution < -0.4 is 16.0 Å². The summed E-state index contributed by atoms with van der Waals surface area (Å²) in [5, 5.41) is 7.76. The van der Waals surface area contributed by atoms with Crippen molar-refractivity contribution in [3.63, 3.8) is 0 Å². The molecule has 1 aliphatic heterocycles. The summed E-state index contributed by atoms with van der Waals surface area (Å²) >= 11 is 0. The SMILES string of the molecule is CC(C)C[C@H](NC(=O)OCc1ccccc1F)C(=O)N[C@H](C=O)C[C@@H]1CCNC1=O. The number of benzene rings is 1. The Morgan fingerprint density at radius 1 is 1.30 bits per heavy atom. The summed E-state index contributed by atoms with van der Waals surface area (Å²) in [5.74, 6) is -1.43. The number of amides is 3. The maximum Gasteiger partial charge on any atom is 0.408 e. The molecule has 2 rings (SSSR count). The molecule has 0 unspecified atom stereocenters. The predicted molar refractivity (Wildman–Crippen MR) is 107 cm³/mol. The van der Waals surface area contributed by atoms with Crippen LogP contribution in [0.15, 0.2) is 24.3 Å². The van der Waals surface area contributed by atoms with Crippen LogP contribution in [-0.2, 0) is 25.7 Å². The molecule has 1 fully saturated rings. The van der Waals surface area contributed by atoms with Crippen molar-refractivity contribution < 1.29 is 28.3 Å². The van der Waals surface area contributed by atoms with E-state index in [1.807, 2.05) is 13.8 Å². The van der Waals surface area contributed by atoms with E-state index in [-0.39, 0.29) is 36.3 Å². The van der Waals surface area contributed by atoms with Gasteiger partial charge in [-0.2, -0.15) is 0 Å². The summed E-state index contributed by atoms with van der Waals surface area (Å²) in [6, 6.07) is 4.14. The molecule has 164 valence electrons. The molecule has 1 aliphatic rings. The number of hydrogen-bond donors (Lipinski definition) is 3. The van der Waals surface area contributed by atoms with Crippen LogP contribution in [0.3, 0.4) is 0 Å². The van der Waals surface area contributed by atoms with Gasteiger partial charge in [0.1, 0.15) is 24.8 Å². The maximum absolute atomic E-state index is 13.6. The lowest BCUT2D eigenvalue weighted by Crippen LogP contribution is -2.51. The topological polar surface area (TPSA) is 114 Å². The average Bonchev–Trinajstić information content (AvgIpc) is 3.10. The Morgan fingerprint density at radius 2 is 2.03 bits per heavy atom. The molecule has 0 aliphatic carbocycles. The number of hydrogen-bond acceptors (Lipinski definition) is 5. The van der Waals surface area contributed by atoms with E-state index >= 15 is 0 Å². The van der Waals surface area contributed by atoms with E-state index in [2.05, 4.69) is 16.0 Å². The summed E-state index contributed by atoms with van der Waals surface area (Å²) in [7, 11) is 0. The first-order valence-corrected chi connectivity index (χ1v) is 10.00. The third kappa shape index (κ3) is 7.13. The maximum atomic E-state index is 13.6. The highest BCUT2D eigenvalue weighted by Gasteiger charge is 2.30. The summed E-state index contributed by atoms with van der Waals surface area (Å²) in [5.41, 5.74) is 0.216. The summed E-state index contributed by atoms with van der Waals surface area (Å²) in [6.07, 6.45) is 0.849. The second-order valence-electron chi connectivity index (χ2n) is 7.76. The Labute approximate surface area is 174 Å². The minimum absolute atomic E-state index is 0.0721. The van der Waals surface area contributed by atoms with Gasteiger partial charge in [-0.05, 0) is 31.2 Å². The zero-order valence-corrected chi connectivity index (χ0v) is 17.2. The lowest BCUT2D eigenvalue weighted by atomic mass is 9.98. The monoisotopic (exact) mass is 421 g/mol. The normalized spacial score (nSPS) is 17.7. The van der Waals surface area contributed by atoms with Crippen molar-refractivity contribution in [2.45, 2.75) is 51.8 Å². The number of alkyl carbamates (subject to hydrolysis) is 1. The van der Waals surface area contributed by atoms with Gasteiger partial charge in [-0.25, -0.2) is 9.18 Å². The Hall–Kier alpha value is -2.97. The zero-order chi connectivity index (χ0) is 22.1. The molecule has 0 spiro atoms. The summed E-state index contributed by atoms with van der Waals surface area (Å²) in [6.45, 7) is 4.04. The smallest absolute Gasteiger partial charge is 0.408 e. The molecule has 3 atom stereocenters. The molecule has 0 bridgehead atoms. The first-order chi connectivity index (χ1) is 14.3. The van der Waals surface area contributed by atoms with Crippen molar-refractivity contribution >= 4 is 24.2 Å². The molecule has 3 N–H and O–H groups in total. The van der Waals surface area contributed by atoms with Crippen LogP contribution >= 0.6 is 0 Å². The van der Waals surface area contributed by atoms with Crippen LogP contribution in [0, 0.1) is 17.7 Å². The van der Waals surface area contributed by atoms with Gasteiger partial charge in [-0.1, -0.05) is 32.0 Å². The van der Waals surface area contributed by atoms with Crippen molar-refractivity contribution in [2.24, 2.45) is 11.8 Å². The highest BCUT2D eigenvalue weighted by atomic mass is 19.1. The Bertz CT molecular complexity index is 771. The van der Waals surface area contributed by atoms with E-state index in [1.165, 1.54) is 18.2 Å². The first kappa shape index (κ1) is 23.3. The minimum Gasteiger partial charge on any atom is -0.445 e. The number of nitrogens with one attached hydrogen (secondary N) is 3. The second-order valence-corrected chi connectivity index (χ2v) is 7.76. The lowest BCUT2D eigenvalue weighted by molar-refractivity contribution is -0.127. The van der Waals surface area contributed by atoms with Crippen molar-refractivity contribution in [3.05, 3.63) is 35.6 Å². The van der Waals surface area contributed by atoms with Crippen LogP contribution in [0.4, 0.5) is 9.18 Å². The van der Waals surface area contributed by atoms with Crippen molar-refractivity contribution in [1.29, 1.82) is 0 Å². The molecule has 8 nitrogen and oxygen atoms in total. The van der Waals surface area contributed by atoms with Crippen LogP contribution in [0.2, 0.25) is 0 Å². The molecule has 0 aromatic heterocycles. The number of ether oxygens (including phenoxy) is 1. The van der Waals surface area contributed by atoms with Gasteiger partial charge in [0.15, 0.2) is 0 Å². The van der Waals surface area contributed by atoms with Crippen LogP contribution in [0.25, 0.3) is 0 Å². The van der Waals surface area contributed by atoms with Crippen molar-refractivity contribution in [2.75, 3.05) is 6.54 Å². The van der Waals surface area contributed by atoms with E-state index in [0.29, 0.717) is 25.7 Å². The highest BCUT2D eigenvalue weighted by molar-refractivity contribution is 5.88. The van der Waals surface area contributed by atoms with Gasteiger partial charge in [-0.3, -0.25) is 9.59 Å². The van der Waals surface area contributed by atoms with Crippen LogP contribution in [0.5, 0.6) is 0 Å². The molecule has 9 heteroatoms. The van der Waals surface area contributed by atoms with Crippen molar-refractivity contribution in [1.82, 2.24) is 16.0 Å². The summed E-state index contributed by atoms with van der Waals surface area (Å²) < 4.78 is 18.7. The van der Waals surface area contributed by atoms with Crippen molar-refractivity contribution in [3.8, 4) is 0 Å². The van der Waals surface area contributed by atoms with Gasteiger partial charge in [0.2, 0.25) is 11.8 Å². The van der Waals surface area contributed by atoms with E-state index in [9.17, 15) is 23.6 Å². The third-order valence-corrected chi connectivity index (χ3v) is 4.83. The number of rotatable bonds is 10. The van der Waals surface area contributed by atoms with E-state index < -0.39 is 29.9 Å². The predicted octanol–water partition coefficient (Wildman–Crippen LogP) is 1.68. The standard InChI is InChI=1S/C21H28FN3O5/c1-13(2)9-18(25-21(29)30-12-15-5-3-4-6-17(15)22)20(28)24-16(11-26)10-14-7-8-23-19(14)27/h3-6,11,13-14,16,18H,7-10,12H2,1-2H3,(H,23,27)(H,24,28)(H,25,29)/t14-,16-,18-/m0/s1. The van der Waals surface area contributed by atoms with Crippen LogP contribution in [-0.4, -0.2) is 42.8 Å². The molecular formula is C21H28FN3O5. The molecule has 1 aromatic rings. The number of carbonyl (C=O) groups excluding carboxylic acids is 4. The van der Waals surface area contributed by atoms with Gasteiger partial charge < -0.3 is 25.5 Å². The second kappa shape index (κ2) is 11.3. The Kier molecular flexibility index (Phi) is 8.76. The number of carbonyl (C=O) groups is 4. The van der Waals surface area contributed by atoms with Gasteiger partial charge in [0.25, 0.3) is 0 Å². The van der Waals surface area contributed by atoms with Crippen LogP contribution in [0.1, 0.15) is 38.7 Å². The molecule has 3 amide bonds. The average molecular weight is 421 g/mol. The van der Waals surface area contributed by atoms with E-state index in [4.69, 9.17) is 4.74 Å². The fourth-order valence-corrected chi connectivity index (χ4v) is 3.25. The molecule has 0 saturated carbocycles. The minimum atomic E-state index is -0.932. The van der Waals surface area contributed by atoms with E-state index in [1.54, 1.807) is 6.07 Å². The third-order valence-electron chi connectivity index (χ3n) is 4.83.